The monoisotopic (exact) mass is 360 g/mol. The summed E-state index contributed by atoms with van der Waals surface area (Å²) in [5.74, 6) is 0. The Morgan fingerprint density at radius 3 is 1.89 bits per heavy atom. The highest BCUT2D eigenvalue weighted by Crippen LogP contribution is 2.26. The molecule has 0 aromatic carbocycles. The van der Waals surface area contributed by atoms with Gasteiger partial charge in [-0.05, 0) is 30.3 Å². The molecule has 0 atom stereocenters. The fourth-order valence-corrected chi connectivity index (χ4v) is 3.21. The molecule has 5 nitrogen and oxygen atoms in total. The summed E-state index contributed by atoms with van der Waals surface area (Å²) in [6, 6.07) is 9.72. The second kappa shape index (κ2) is 5.59. The van der Waals surface area contributed by atoms with Gasteiger partial charge in [-0.15, -0.1) is 0 Å². The third kappa shape index (κ3) is 2.87. The molecule has 0 aliphatic rings. The zero-order valence-electron chi connectivity index (χ0n) is 16.7. The number of hydrogen-bond acceptors (Lipinski definition) is 4. The van der Waals surface area contributed by atoms with Gasteiger partial charge in [-0.25, -0.2) is 4.98 Å². The average Bonchev–Trinajstić information content (AvgIpc) is 2.59. The molecule has 0 aliphatic carbocycles. The van der Waals surface area contributed by atoms with Crippen molar-refractivity contribution in [2.75, 3.05) is 0 Å². The summed E-state index contributed by atoms with van der Waals surface area (Å²) in [5, 5.41) is 1.38. The Balaban J connectivity index is 2.11. The molecule has 138 valence electrons. The Hall–Kier alpha value is -2.82. The van der Waals surface area contributed by atoms with Gasteiger partial charge in [0.1, 0.15) is 0 Å². The van der Waals surface area contributed by atoms with Crippen LogP contribution >= 0.6 is 0 Å². The maximum absolute atomic E-state index is 12.6. The van der Waals surface area contributed by atoms with Gasteiger partial charge >= 0.3 is 0 Å². The molecule has 0 spiro atoms. The Bertz CT molecular complexity index is 1260. The van der Waals surface area contributed by atoms with Crippen molar-refractivity contribution >= 4 is 27.6 Å². The number of fused-ring (bicyclic) bond motifs is 5. The fourth-order valence-electron chi connectivity index (χ4n) is 3.21. The summed E-state index contributed by atoms with van der Waals surface area (Å²) in [4.78, 5) is 26.6. The van der Waals surface area contributed by atoms with Gasteiger partial charge < -0.3 is 0 Å². The molecule has 4 aromatic rings. The standard InChI is InChI=1S/C22H24N4O/c1-21(2,3)16-9-7-13-15(23-16)11-12-26-18(13)25-20(27)14-8-10-17(22(4,5)6)24-19(14)26/h7-12H,1-6H3. The Morgan fingerprint density at radius 1 is 0.704 bits per heavy atom. The third-order valence-corrected chi connectivity index (χ3v) is 4.85. The first-order chi connectivity index (χ1) is 12.6. The third-order valence-electron chi connectivity index (χ3n) is 4.85. The van der Waals surface area contributed by atoms with Crippen LogP contribution in [0.3, 0.4) is 0 Å². The Labute approximate surface area is 158 Å². The molecule has 4 aromatic heterocycles. The maximum atomic E-state index is 12.6. The van der Waals surface area contributed by atoms with Crippen LogP contribution in [-0.4, -0.2) is 19.4 Å². The van der Waals surface area contributed by atoms with Crippen molar-refractivity contribution in [1.82, 2.24) is 19.4 Å². The minimum Gasteiger partial charge on any atom is -0.285 e. The first kappa shape index (κ1) is 17.6. The van der Waals surface area contributed by atoms with E-state index in [1.54, 1.807) is 0 Å². The van der Waals surface area contributed by atoms with Crippen LogP contribution in [0.25, 0.3) is 27.6 Å². The van der Waals surface area contributed by atoms with E-state index in [2.05, 4.69) is 46.5 Å². The quantitative estimate of drug-likeness (QED) is 0.437. The lowest BCUT2D eigenvalue weighted by Crippen LogP contribution is -2.17. The normalized spacial score (nSPS) is 13.0. The number of aromatic nitrogens is 4. The molecule has 0 saturated carbocycles. The minimum absolute atomic E-state index is 0.0417. The molecule has 0 fully saturated rings. The summed E-state index contributed by atoms with van der Waals surface area (Å²) in [7, 11) is 0. The van der Waals surface area contributed by atoms with Crippen molar-refractivity contribution < 1.29 is 0 Å². The molecule has 4 rings (SSSR count). The van der Waals surface area contributed by atoms with E-state index in [9.17, 15) is 4.79 Å². The van der Waals surface area contributed by atoms with Crippen LogP contribution < -0.4 is 5.56 Å². The Morgan fingerprint density at radius 2 is 1.26 bits per heavy atom. The van der Waals surface area contributed by atoms with Crippen LogP contribution in [0.4, 0.5) is 0 Å². The molecule has 0 amide bonds. The molecule has 27 heavy (non-hydrogen) atoms. The van der Waals surface area contributed by atoms with Gasteiger partial charge in [0.15, 0.2) is 11.3 Å². The lowest BCUT2D eigenvalue weighted by atomic mass is 9.91. The molecular weight excluding hydrogens is 336 g/mol. The van der Waals surface area contributed by atoms with Crippen LogP contribution in [0.2, 0.25) is 0 Å². The molecule has 0 bridgehead atoms. The molecular formula is C22H24N4O. The van der Waals surface area contributed by atoms with E-state index in [4.69, 9.17) is 9.97 Å². The topological polar surface area (TPSA) is 60.2 Å². The van der Waals surface area contributed by atoms with Crippen LogP contribution in [0.5, 0.6) is 0 Å². The second-order valence-electron chi connectivity index (χ2n) is 9.12. The number of nitrogens with zero attached hydrogens (tertiary/aromatic N) is 4. The van der Waals surface area contributed by atoms with Crippen molar-refractivity contribution in [2.24, 2.45) is 0 Å². The lowest BCUT2D eigenvalue weighted by molar-refractivity contribution is 0.570. The molecule has 5 heteroatoms. The number of hydrogen-bond donors (Lipinski definition) is 0. The number of rotatable bonds is 0. The van der Waals surface area contributed by atoms with E-state index in [0.717, 1.165) is 22.3 Å². The van der Waals surface area contributed by atoms with Gasteiger partial charge in [-0.1, -0.05) is 41.5 Å². The van der Waals surface area contributed by atoms with Crippen molar-refractivity contribution in [2.45, 2.75) is 52.4 Å². The van der Waals surface area contributed by atoms with Crippen LogP contribution in [0.15, 0.2) is 41.3 Å². The summed E-state index contributed by atoms with van der Waals surface area (Å²) in [6.07, 6.45) is 1.91. The first-order valence-corrected chi connectivity index (χ1v) is 9.19. The predicted octanol–water partition coefficient (Wildman–Crippen LogP) is 4.39. The first-order valence-electron chi connectivity index (χ1n) is 9.19. The minimum atomic E-state index is -0.259. The largest absolute Gasteiger partial charge is 0.285 e. The SMILES string of the molecule is CC(C)(C)c1ccc2c(ccn3c4nc(C(C)(C)C)ccc4c(=O)nc23)n1. The fraction of sp³-hybridized carbons (Fsp3) is 0.364. The van der Waals surface area contributed by atoms with E-state index in [-0.39, 0.29) is 16.4 Å². The van der Waals surface area contributed by atoms with E-state index >= 15 is 0 Å². The summed E-state index contributed by atoms with van der Waals surface area (Å²) >= 11 is 0. The highest BCUT2D eigenvalue weighted by molar-refractivity contribution is 5.93. The molecule has 0 N–H and O–H groups in total. The summed E-state index contributed by atoms with van der Waals surface area (Å²) in [5.41, 5.74) is 3.61. The summed E-state index contributed by atoms with van der Waals surface area (Å²) < 4.78 is 1.90. The van der Waals surface area contributed by atoms with Gasteiger partial charge in [-0.2, -0.15) is 4.98 Å². The van der Waals surface area contributed by atoms with Gasteiger partial charge in [0.2, 0.25) is 0 Å². The highest BCUT2D eigenvalue weighted by atomic mass is 16.1. The highest BCUT2D eigenvalue weighted by Gasteiger charge is 2.19. The number of pyridine rings is 3. The van der Waals surface area contributed by atoms with Crippen LogP contribution in [0, 0.1) is 0 Å². The molecule has 0 aliphatic heterocycles. The Kier molecular flexibility index (Phi) is 3.64. The molecule has 0 radical (unpaired) electrons. The zero-order valence-corrected chi connectivity index (χ0v) is 16.7. The molecule has 0 unspecified atom stereocenters. The van der Waals surface area contributed by atoms with E-state index in [0.29, 0.717) is 16.7 Å². The van der Waals surface area contributed by atoms with Crippen molar-refractivity contribution in [3.8, 4) is 0 Å². The van der Waals surface area contributed by atoms with Gasteiger partial charge in [0, 0.05) is 33.8 Å². The van der Waals surface area contributed by atoms with Crippen LogP contribution in [-0.2, 0) is 10.8 Å². The van der Waals surface area contributed by atoms with E-state index in [1.807, 2.05) is 40.9 Å². The molecule has 4 heterocycles. The smallest absolute Gasteiger partial charge is 0.282 e. The van der Waals surface area contributed by atoms with Crippen molar-refractivity contribution in [3.05, 3.63) is 58.3 Å². The van der Waals surface area contributed by atoms with Gasteiger partial charge in [0.25, 0.3) is 5.56 Å². The maximum Gasteiger partial charge on any atom is 0.282 e. The summed E-state index contributed by atoms with van der Waals surface area (Å²) in [6.45, 7) is 12.7. The van der Waals surface area contributed by atoms with Gasteiger partial charge in [0.05, 0.1) is 10.9 Å². The zero-order chi connectivity index (χ0) is 19.6. The van der Waals surface area contributed by atoms with Crippen molar-refractivity contribution in [3.63, 3.8) is 0 Å². The molecule has 0 saturated heterocycles. The predicted molar refractivity (Wildman–Crippen MR) is 109 cm³/mol. The van der Waals surface area contributed by atoms with E-state index in [1.165, 1.54) is 0 Å². The van der Waals surface area contributed by atoms with E-state index < -0.39 is 0 Å². The average molecular weight is 360 g/mol. The lowest BCUT2D eigenvalue weighted by Gasteiger charge is -2.19. The van der Waals surface area contributed by atoms with Crippen LogP contribution in [0.1, 0.15) is 52.9 Å². The van der Waals surface area contributed by atoms with Gasteiger partial charge in [-0.3, -0.25) is 14.2 Å². The van der Waals surface area contributed by atoms with Crippen molar-refractivity contribution in [1.29, 1.82) is 0 Å². The second-order valence-corrected chi connectivity index (χ2v) is 9.12.